The van der Waals surface area contributed by atoms with Crippen molar-refractivity contribution in [2.24, 2.45) is 27.6 Å². The molecule has 5 rings (SSSR count). The lowest BCUT2D eigenvalue weighted by Gasteiger charge is -2.09. The van der Waals surface area contributed by atoms with Crippen molar-refractivity contribution < 1.29 is 12.8 Å². The Labute approximate surface area is 183 Å². The van der Waals surface area contributed by atoms with Gasteiger partial charge in [0.05, 0.1) is 16.1 Å². The Kier molecular flexibility index (Phi) is 4.70. The van der Waals surface area contributed by atoms with Gasteiger partial charge in [0.25, 0.3) is 10.0 Å². The minimum Gasteiger partial charge on any atom is -0.369 e. The standard InChI is InChI=1S/C23H20FN5O2S/c24-17-8-10-19-20(22(15-5-6-15)27-28-23(25)26)13-29(21(19)12-17)32(30,31)18-9-7-14-3-1-2-4-16(14)11-18/h1-4,7-13,15H,5-6H2,(H4,25,26,28)/b27-22+. The lowest BCUT2D eigenvalue weighted by Crippen LogP contribution is -2.22. The molecule has 7 nitrogen and oxygen atoms in total. The van der Waals surface area contributed by atoms with Crippen molar-refractivity contribution in [1.29, 1.82) is 0 Å². The average molecular weight is 450 g/mol. The summed E-state index contributed by atoms with van der Waals surface area (Å²) in [6.07, 6.45) is 3.27. The van der Waals surface area contributed by atoms with Crippen LogP contribution >= 0.6 is 0 Å². The topological polar surface area (TPSA) is 116 Å². The Hall–Kier alpha value is -3.72. The van der Waals surface area contributed by atoms with Gasteiger partial charge in [-0.3, -0.25) is 0 Å². The number of rotatable bonds is 5. The van der Waals surface area contributed by atoms with E-state index >= 15 is 0 Å². The highest BCUT2D eigenvalue weighted by Crippen LogP contribution is 2.37. The van der Waals surface area contributed by atoms with Crippen LogP contribution in [0.4, 0.5) is 4.39 Å². The fourth-order valence-corrected chi connectivity index (χ4v) is 5.24. The Morgan fingerprint density at radius 1 is 0.969 bits per heavy atom. The second-order valence-electron chi connectivity index (χ2n) is 7.80. The van der Waals surface area contributed by atoms with Gasteiger partial charge in [-0.1, -0.05) is 30.3 Å². The molecule has 1 aliphatic carbocycles. The minimum atomic E-state index is -4.01. The van der Waals surface area contributed by atoms with Gasteiger partial charge in [-0.15, -0.1) is 5.10 Å². The molecule has 1 heterocycles. The monoisotopic (exact) mass is 449 g/mol. The smallest absolute Gasteiger partial charge is 0.268 e. The number of fused-ring (bicyclic) bond motifs is 2. The summed E-state index contributed by atoms with van der Waals surface area (Å²) in [7, 11) is -4.01. The van der Waals surface area contributed by atoms with Gasteiger partial charge in [0.2, 0.25) is 5.96 Å². The quantitative estimate of drug-likeness (QED) is 0.275. The molecule has 3 aromatic carbocycles. The lowest BCUT2D eigenvalue weighted by molar-refractivity contribution is 0.589. The third-order valence-electron chi connectivity index (χ3n) is 5.52. The zero-order valence-corrected chi connectivity index (χ0v) is 17.8. The van der Waals surface area contributed by atoms with Gasteiger partial charge < -0.3 is 11.5 Å². The van der Waals surface area contributed by atoms with Gasteiger partial charge >= 0.3 is 0 Å². The largest absolute Gasteiger partial charge is 0.369 e. The molecule has 0 aliphatic heterocycles. The number of halogens is 1. The van der Waals surface area contributed by atoms with Crippen molar-refractivity contribution in [2.45, 2.75) is 17.7 Å². The Morgan fingerprint density at radius 3 is 2.44 bits per heavy atom. The zero-order valence-electron chi connectivity index (χ0n) is 16.9. The summed E-state index contributed by atoms with van der Waals surface area (Å²) in [5.74, 6) is -0.612. The first-order valence-electron chi connectivity index (χ1n) is 10.1. The van der Waals surface area contributed by atoms with Crippen molar-refractivity contribution >= 4 is 43.4 Å². The van der Waals surface area contributed by atoms with E-state index in [1.807, 2.05) is 24.3 Å². The van der Waals surface area contributed by atoms with Gasteiger partial charge in [-0.25, -0.2) is 16.8 Å². The summed E-state index contributed by atoms with van der Waals surface area (Å²) in [4.78, 5) is 0.109. The lowest BCUT2D eigenvalue weighted by atomic mass is 10.1. The molecule has 0 atom stereocenters. The highest BCUT2D eigenvalue weighted by molar-refractivity contribution is 7.90. The SMILES string of the molecule is NC(N)=N/N=C(/c1cn(S(=O)(=O)c2ccc3ccccc3c2)c2cc(F)ccc12)C1CC1. The van der Waals surface area contributed by atoms with Crippen molar-refractivity contribution in [1.82, 2.24) is 3.97 Å². The molecule has 4 N–H and O–H groups in total. The molecule has 1 aliphatic rings. The third-order valence-corrected chi connectivity index (χ3v) is 7.19. The van der Waals surface area contributed by atoms with Crippen LogP contribution < -0.4 is 11.5 Å². The van der Waals surface area contributed by atoms with E-state index in [1.165, 1.54) is 18.3 Å². The first kappa shape index (κ1) is 20.2. The zero-order chi connectivity index (χ0) is 22.5. The molecule has 1 aromatic heterocycles. The van der Waals surface area contributed by atoms with E-state index in [9.17, 15) is 12.8 Å². The second-order valence-corrected chi connectivity index (χ2v) is 9.61. The maximum absolute atomic E-state index is 14.2. The number of guanidine groups is 1. The predicted octanol–water partition coefficient (Wildman–Crippen LogP) is 3.56. The van der Waals surface area contributed by atoms with E-state index in [-0.39, 0.29) is 22.3 Å². The molecule has 9 heteroatoms. The van der Waals surface area contributed by atoms with Crippen molar-refractivity contribution in [2.75, 3.05) is 0 Å². The van der Waals surface area contributed by atoms with Crippen LogP contribution in [0, 0.1) is 11.7 Å². The van der Waals surface area contributed by atoms with Crippen LogP contribution in [0.5, 0.6) is 0 Å². The minimum absolute atomic E-state index is 0.109. The van der Waals surface area contributed by atoms with Gasteiger partial charge in [0, 0.05) is 23.1 Å². The van der Waals surface area contributed by atoms with Gasteiger partial charge in [-0.2, -0.15) is 5.10 Å². The molecule has 0 saturated heterocycles. The van der Waals surface area contributed by atoms with Gasteiger partial charge in [0.15, 0.2) is 0 Å². The summed E-state index contributed by atoms with van der Waals surface area (Å²) in [6, 6.07) is 16.5. The summed E-state index contributed by atoms with van der Waals surface area (Å²) < 4.78 is 42.5. The van der Waals surface area contributed by atoms with Crippen LogP contribution in [-0.2, 0) is 10.0 Å². The molecule has 4 aromatic rings. The van der Waals surface area contributed by atoms with E-state index in [2.05, 4.69) is 10.2 Å². The molecule has 1 fully saturated rings. The van der Waals surface area contributed by atoms with Crippen LogP contribution in [0.2, 0.25) is 0 Å². The summed E-state index contributed by atoms with van der Waals surface area (Å²) in [6.45, 7) is 0. The molecular weight excluding hydrogens is 429 g/mol. The van der Waals surface area contributed by atoms with Crippen LogP contribution in [0.25, 0.3) is 21.7 Å². The van der Waals surface area contributed by atoms with Gasteiger partial charge in [0.1, 0.15) is 5.82 Å². The predicted molar refractivity (Wildman–Crippen MR) is 123 cm³/mol. The molecule has 1 saturated carbocycles. The molecule has 0 bridgehead atoms. The van der Waals surface area contributed by atoms with E-state index in [4.69, 9.17) is 11.5 Å². The Morgan fingerprint density at radius 2 is 1.72 bits per heavy atom. The number of benzene rings is 3. The molecule has 0 unspecified atom stereocenters. The summed E-state index contributed by atoms with van der Waals surface area (Å²) >= 11 is 0. The van der Waals surface area contributed by atoms with Crippen molar-refractivity contribution in [3.63, 3.8) is 0 Å². The van der Waals surface area contributed by atoms with Crippen molar-refractivity contribution in [3.05, 3.63) is 78.2 Å². The fourth-order valence-electron chi connectivity index (χ4n) is 3.84. The molecule has 0 amide bonds. The Bertz CT molecular complexity index is 1530. The first-order valence-corrected chi connectivity index (χ1v) is 11.5. The molecular formula is C23H20FN5O2S. The summed E-state index contributed by atoms with van der Waals surface area (Å²) in [5, 5.41) is 10.3. The van der Waals surface area contributed by atoms with E-state index in [0.717, 1.165) is 27.6 Å². The van der Waals surface area contributed by atoms with E-state index < -0.39 is 15.8 Å². The summed E-state index contributed by atoms with van der Waals surface area (Å²) in [5.41, 5.74) is 12.3. The highest BCUT2D eigenvalue weighted by atomic mass is 32.2. The number of nitrogens with two attached hydrogens (primary N) is 2. The normalized spacial score (nSPS) is 14.7. The van der Waals surface area contributed by atoms with E-state index in [0.29, 0.717) is 16.7 Å². The third kappa shape index (κ3) is 3.50. The van der Waals surface area contributed by atoms with Crippen molar-refractivity contribution in [3.8, 4) is 0 Å². The number of nitrogens with zero attached hydrogens (tertiary/aromatic N) is 3. The molecule has 0 radical (unpaired) electrons. The number of hydrogen-bond acceptors (Lipinski definition) is 4. The van der Waals surface area contributed by atoms with Crippen LogP contribution in [-0.4, -0.2) is 24.1 Å². The Balaban J connectivity index is 1.74. The van der Waals surface area contributed by atoms with E-state index in [1.54, 1.807) is 24.3 Å². The number of hydrogen-bond donors (Lipinski definition) is 2. The maximum atomic E-state index is 14.2. The molecule has 162 valence electrons. The van der Waals surface area contributed by atoms with Crippen LogP contribution in [0.3, 0.4) is 0 Å². The average Bonchev–Trinajstić information content (AvgIpc) is 3.54. The maximum Gasteiger partial charge on any atom is 0.268 e. The molecule has 32 heavy (non-hydrogen) atoms. The first-order chi connectivity index (χ1) is 15.3. The fraction of sp³-hybridized carbons (Fsp3) is 0.130. The number of aromatic nitrogens is 1. The second kappa shape index (κ2) is 7.45. The highest BCUT2D eigenvalue weighted by Gasteiger charge is 2.32. The van der Waals surface area contributed by atoms with Crippen LogP contribution in [0.1, 0.15) is 18.4 Å². The molecule has 0 spiro atoms. The van der Waals surface area contributed by atoms with Crippen LogP contribution in [0.15, 0.2) is 82.0 Å². The van der Waals surface area contributed by atoms with Gasteiger partial charge in [-0.05, 0) is 53.9 Å².